The predicted molar refractivity (Wildman–Crippen MR) is 98.9 cm³/mol. The summed E-state index contributed by atoms with van der Waals surface area (Å²) in [6, 6.07) is 14.2. The van der Waals surface area contributed by atoms with Crippen LogP contribution in [-0.2, 0) is 9.59 Å². The van der Waals surface area contributed by atoms with Crippen LogP contribution in [0.3, 0.4) is 0 Å². The van der Waals surface area contributed by atoms with Crippen LogP contribution in [0.2, 0.25) is 0 Å². The molecule has 2 rings (SSSR count). The van der Waals surface area contributed by atoms with Crippen LogP contribution < -0.4 is 10.6 Å². The van der Waals surface area contributed by atoms with E-state index in [4.69, 9.17) is 0 Å². The Hall–Kier alpha value is -2.95. The molecule has 130 valence electrons. The van der Waals surface area contributed by atoms with Crippen LogP contribution in [-0.4, -0.2) is 17.6 Å². The number of rotatable bonds is 6. The first-order chi connectivity index (χ1) is 11.9. The summed E-state index contributed by atoms with van der Waals surface area (Å²) in [4.78, 5) is 35.6. The van der Waals surface area contributed by atoms with E-state index in [0.29, 0.717) is 16.9 Å². The number of hydrogen-bond donors (Lipinski definition) is 2. The van der Waals surface area contributed by atoms with Gasteiger partial charge in [-0.25, -0.2) is 0 Å². The maximum absolute atomic E-state index is 12.1. The Morgan fingerprint density at radius 2 is 1.60 bits per heavy atom. The summed E-state index contributed by atoms with van der Waals surface area (Å²) in [5, 5.41) is 5.42. The molecule has 5 heteroatoms. The number of amides is 2. The molecule has 0 bridgehead atoms. The third-order valence-corrected chi connectivity index (χ3v) is 3.73. The number of carbonyl (C=O) groups excluding carboxylic acids is 3. The predicted octanol–water partition coefficient (Wildman–Crippen LogP) is 3.98. The quantitative estimate of drug-likeness (QED) is 0.618. The van der Waals surface area contributed by atoms with Gasteiger partial charge in [-0.15, -0.1) is 0 Å². The molecule has 0 saturated heterocycles. The Labute approximate surface area is 147 Å². The smallest absolute Gasteiger partial charge is 0.233 e. The zero-order valence-corrected chi connectivity index (χ0v) is 14.6. The van der Waals surface area contributed by atoms with E-state index in [0.717, 1.165) is 5.56 Å². The number of ketones is 1. The van der Waals surface area contributed by atoms with Gasteiger partial charge in [0.1, 0.15) is 6.42 Å². The van der Waals surface area contributed by atoms with Crippen molar-refractivity contribution < 1.29 is 14.4 Å². The summed E-state index contributed by atoms with van der Waals surface area (Å²) in [5.41, 5.74) is 2.74. The molecule has 0 unspecified atom stereocenters. The van der Waals surface area contributed by atoms with Gasteiger partial charge in [-0.3, -0.25) is 14.4 Å². The molecule has 0 spiro atoms. The molecule has 2 aromatic rings. The van der Waals surface area contributed by atoms with Gasteiger partial charge >= 0.3 is 0 Å². The Morgan fingerprint density at radius 3 is 2.28 bits per heavy atom. The first-order valence-electron chi connectivity index (χ1n) is 8.16. The zero-order chi connectivity index (χ0) is 18.4. The summed E-state index contributed by atoms with van der Waals surface area (Å²) in [7, 11) is 0. The monoisotopic (exact) mass is 338 g/mol. The number of nitrogens with one attached hydrogen (secondary N) is 2. The highest BCUT2D eigenvalue weighted by Crippen LogP contribution is 2.23. The molecule has 0 aromatic heterocycles. The van der Waals surface area contributed by atoms with Gasteiger partial charge in [-0.05, 0) is 36.6 Å². The first kappa shape index (κ1) is 18.4. The molecule has 0 aliphatic carbocycles. The van der Waals surface area contributed by atoms with E-state index in [2.05, 4.69) is 10.6 Å². The molecule has 0 atom stereocenters. The Balaban J connectivity index is 1.98. The largest absolute Gasteiger partial charge is 0.326 e. The third-order valence-electron chi connectivity index (χ3n) is 3.73. The molecule has 0 aliphatic heterocycles. The van der Waals surface area contributed by atoms with Gasteiger partial charge < -0.3 is 10.6 Å². The van der Waals surface area contributed by atoms with Crippen LogP contribution in [0.15, 0.2) is 48.5 Å². The molecule has 0 fully saturated rings. The van der Waals surface area contributed by atoms with Crippen LogP contribution in [0.5, 0.6) is 0 Å². The molecule has 2 N–H and O–H groups in total. The minimum atomic E-state index is -0.430. The van der Waals surface area contributed by atoms with E-state index in [1.807, 2.05) is 38.1 Å². The van der Waals surface area contributed by atoms with Crippen molar-refractivity contribution in [3.05, 3.63) is 59.7 Å². The zero-order valence-electron chi connectivity index (χ0n) is 14.6. The summed E-state index contributed by atoms with van der Waals surface area (Å²) in [5.74, 6) is -0.632. The number of benzene rings is 2. The Morgan fingerprint density at radius 1 is 0.920 bits per heavy atom. The number of para-hydroxylation sites is 1. The average molecular weight is 338 g/mol. The first-order valence-corrected chi connectivity index (χ1v) is 8.16. The molecule has 0 saturated carbocycles. The van der Waals surface area contributed by atoms with E-state index >= 15 is 0 Å². The normalized spacial score (nSPS) is 10.4. The Kier molecular flexibility index (Phi) is 6.06. The molecule has 5 nitrogen and oxygen atoms in total. The SMILES string of the molecule is CC(=O)c1cccc(NC(=O)CC(=O)Nc2ccccc2C(C)C)c1. The van der Waals surface area contributed by atoms with Crippen molar-refractivity contribution in [3.63, 3.8) is 0 Å². The molecule has 0 aliphatic rings. The van der Waals surface area contributed by atoms with Crippen LogP contribution >= 0.6 is 0 Å². The summed E-state index contributed by atoms with van der Waals surface area (Å²) >= 11 is 0. The lowest BCUT2D eigenvalue weighted by molar-refractivity contribution is -0.123. The van der Waals surface area contributed by atoms with Crippen molar-refractivity contribution in [2.45, 2.75) is 33.1 Å². The minimum Gasteiger partial charge on any atom is -0.326 e. The second-order valence-electron chi connectivity index (χ2n) is 6.15. The minimum absolute atomic E-state index is 0.0841. The number of anilines is 2. The lowest BCUT2D eigenvalue weighted by Crippen LogP contribution is -2.22. The van der Waals surface area contributed by atoms with Crippen LogP contribution in [0.4, 0.5) is 11.4 Å². The van der Waals surface area contributed by atoms with Crippen LogP contribution in [0, 0.1) is 0 Å². The lowest BCUT2D eigenvalue weighted by Gasteiger charge is -2.13. The molecular formula is C20H22N2O3. The lowest BCUT2D eigenvalue weighted by atomic mass is 10.0. The van der Waals surface area contributed by atoms with Crippen molar-refractivity contribution in [2.75, 3.05) is 10.6 Å². The second-order valence-corrected chi connectivity index (χ2v) is 6.15. The van der Waals surface area contributed by atoms with Gasteiger partial charge in [0.25, 0.3) is 0 Å². The molecule has 25 heavy (non-hydrogen) atoms. The summed E-state index contributed by atoms with van der Waals surface area (Å²) in [6.45, 7) is 5.54. The van der Waals surface area contributed by atoms with Gasteiger partial charge in [-0.2, -0.15) is 0 Å². The molecule has 0 radical (unpaired) electrons. The topological polar surface area (TPSA) is 75.3 Å². The molecule has 2 amide bonds. The standard InChI is InChI=1S/C20H22N2O3/c1-13(2)17-9-4-5-10-18(17)22-20(25)12-19(24)21-16-8-6-7-15(11-16)14(3)23/h4-11,13H,12H2,1-3H3,(H,21,24)(H,22,25). The number of carbonyl (C=O) groups is 3. The number of hydrogen-bond acceptors (Lipinski definition) is 3. The Bertz CT molecular complexity index is 797. The highest BCUT2D eigenvalue weighted by Gasteiger charge is 2.13. The highest BCUT2D eigenvalue weighted by atomic mass is 16.2. The molecule has 2 aromatic carbocycles. The highest BCUT2D eigenvalue weighted by molar-refractivity contribution is 6.08. The van der Waals surface area contributed by atoms with Crippen LogP contribution in [0.1, 0.15) is 49.0 Å². The van der Waals surface area contributed by atoms with Crippen molar-refractivity contribution in [2.24, 2.45) is 0 Å². The van der Waals surface area contributed by atoms with E-state index in [9.17, 15) is 14.4 Å². The van der Waals surface area contributed by atoms with Crippen molar-refractivity contribution >= 4 is 29.0 Å². The maximum Gasteiger partial charge on any atom is 0.233 e. The van der Waals surface area contributed by atoms with Crippen molar-refractivity contribution in [3.8, 4) is 0 Å². The average Bonchev–Trinajstić information content (AvgIpc) is 2.55. The van der Waals surface area contributed by atoms with Gasteiger partial charge in [-0.1, -0.05) is 44.2 Å². The van der Waals surface area contributed by atoms with E-state index < -0.39 is 5.91 Å². The fraction of sp³-hybridized carbons (Fsp3) is 0.250. The van der Waals surface area contributed by atoms with E-state index in [1.165, 1.54) is 6.92 Å². The second kappa shape index (κ2) is 8.24. The van der Waals surface area contributed by atoms with Crippen LogP contribution in [0.25, 0.3) is 0 Å². The fourth-order valence-corrected chi connectivity index (χ4v) is 2.48. The van der Waals surface area contributed by atoms with Crippen molar-refractivity contribution in [1.82, 2.24) is 0 Å². The number of Topliss-reactive ketones (excluding diaryl/α,β-unsaturated/α-hetero) is 1. The van der Waals surface area contributed by atoms with E-state index in [1.54, 1.807) is 24.3 Å². The molecular weight excluding hydrogens is 316 g/mol. The summed E-state index contributed by atoms with van der Waals surface area (Å²) < 4.78 is 0. The summed E-state index contributed by atoms with van der Waals surface area (Å²) in [6.07, 6.45) is -0.295. The maximum atomic E-state index is 12.1. The third kappa shape index (κ3) is 5.28. The van der Waals surface area contributed by atoms with Crippen molar-refractivity contribution in [1.29, 1.82) is 0 Å². The fourth-order valence-electron chi connectivity index (χ4n) is 2.48. The van der Waals surface area contributed by atoms with Gasteiger partial charge in [0, 0.05) is 16.9 Å². The molecule has 0 heterocycles. The van der Waals surface area contributed by atoms with Gasteiger partial charge in [0.2, 0.25) is 11.8 Å². The van der Waals surface area contributed by atoms with E-state index in [-0.39, 0.29) is 24.0 Å². The van der Waals surface area contributed by atoms with Gasteiger partial charge in [0.15, 0.2) is 5.78 Å². The van der Waals surface area contributed by atoms with Gasteiger partial charge in [0.05, 0.1) is 0 Å².